The van der Waals surface area contributed by atoms with Gasteiger partial charge in [0.2, 0.25) is 0 Å². The van der Waals surface area contributed by atoms with E-state index in [1.807, 2.05) is 0 Å². The van der Waals surface area contributed by atoms with E-state index in [0.29, 0.717) is 0 Å². The Kier molecular flexibility index (Phi) is 0.267. The van der Waals surface area contributed by atoms with Gasteiger partial charge in [0.15, 0.2) is 0 Å². The lowest BCUT2D eigenvalue weighted by molar-refractivity contribution is 0.214. The molecule has 2 atom stereocenters. The van der Waals surface area contributed by atoms with Gasteiger partial charge in [-0.2, -0.15) is 0 Å². The van der Waals surface area contributed by atoms with E-state index in [4.69, 9.17) is 8.22 Å². The third-order valence-corrected chi connectivity index (χ3v) is 1.69. The van der Waals surface area contributed by atoms with E-state index in [0.717, 1.165) is 0 Å². The summed E-state index contributed by atoms with van der Waals surface area (Å²) in [6.07, 6.45) is 0.0313. The van der Waals surface area contributed by atoms with Crippen LogP contribution in [0.1, 0.15) is 14.6 Å². The predicted molar refractivity (Wildman–Crippen MR) is 30.5 cm³/mol. The molecule has 0 radical (unpaired) electrons. The molecule has 2 unspecified atom stereocenters. The third-order valence-electron chi connectivity index (χ3n) is 1.69. The van der Waals surface area contributed by atoms with Crippen LogP contribution < -0.4 is 5.32 Å². The molecule has 1 saturated carbocycles. The second kappa shape index (κ2) is 1.25. The van der Waals surface area contributed by atoms with Crippen molar-refractivity contribution in [2.75, 3.05) is 19.6 Å². The molecular weight excluding hydrogens is 102 g/mol. The van der Waals surface area contributed by atoms with Gasteiger partial charge in [0, 0.05) is 17.4 Å². The molecule has 1 aliphatic carbocycles. The number of rotatable bonds is 1. The van der Waals surface area contributed by atoms with Gasteiger partial charge in [0.1, 0.15) is 0 Å². The normalized spacial score (nSPS) is 76.9. The Balaban J connectivity index is 2.43. The van der Waals surface area contributed by atoms with Crippen molar-refractivity contribution >= 4 is 0 Å². The fourth-order valence-corrected chi connectivity index (χ4v) is 0.962. The summed E-state index contributed by atoms with van der Waals surface area (Å²) in [5.74, 6) is -0.801. The molecule has 1 aliphatic heterocycles. The van der Waals surface area contributed by atoms with Crippen molar-refractivity contribution in [3.8, 4) is 0 Å². The predicted octanol–water partition coefficient (Wildman–Crippen LogP) is -0.412. The maximum atomic E-state index is 9.27. The minimum Gasteiger partial charge on any atom is -0.396 e. The minimum atomic E-state index is -2.70. The van der Waals surface area contributed by atoms with E-state index in [-0.39, 0.29) is 6.42 Å². The highest BCUT2D eigenvalue weighted by Crippen LogP contribution is 2.54. The van der Waals surface area contributed by atoms with Gasteiger partial charge in [-0.1, -0.05) is 0 Å². The second-order valence-electron chi connectivity index (χ2n) is 2.23. The van der Waals surface area contributed by atoms with E-state index in [1.54, 1.807) is 0 Å². The van der Waals surface area contributed by atoms with Crippen molar-refractivity contribution in [1.29, 1.82) is 0 Å². The quantitative estimate of drug-likeness (QED) is 0.492. The molecule has 0 bridgehead atoms. The summed E-state index contributed by atoms with van der Waals surface area (Å²) in [6.45, 7) is -6.85. The summed E-state index contributed by atoms with van der Waals surface area (Å²) >= 11 is 0. The van der Waals surface area contributed by atoms with E-state index in [1.165, 1.54) is 0 Å². The zero-order valence-corrected chi connectivity index (χ0v) is 4.23. The Morgan fingerprint density at radius 1 is 2.12 bits per heavy atom. The largest absolute Gasteiger partial charge is 0.396 e. The van der Waals surface area contributed by atoms with Gasteiger partial charge in [-0.3, -0.25) is 0 Å². The average Bonchev–Trinajstić information content (AvgIpc) is 2.49. The van der Waals surface area contributed by atoms with Crippen LogP contribution in [0.4, 0.5) is 0 Å². The van der Waals surface area contributed by atoms with Crippen molar-refractivity contribution in [3.63, 3.8) is 0 Å². The zero-order valence-electron chi connectivity index (χ0n) is 10.2. The van der Waals surface area contributed by atoms with Crippen LogP contribution in [0, 0.1) is 11.3 Å². The molecular formula is C6H11NO. The summed E-state index contributed by atoms with van der Waals surface area (Å²) < 4.78 is 44.2. The van der Waals surface area contributed by atoms with Crippen molar-refractivity contribution < 1.29 is 13.3 Å². The highest BCUT2D eigenvalue weighted by atomic mass is 16.3. The van der Waals surface area contributed by atoms with Crippen LogP contribution in [-0.4, -0.2) is 24.7 Å². The second-order valence-corrected chi connectivity index (χ2v) is 2.23. The first-order valence-corrected chi connectivity index (χ1v) is 2.56. The summed E-state index contributed by atoms with van der Waals surface area (Å²) in [6, 6.07) is 0. The zero-order chi connectivity index (χ0) is 11.0. The highest BCUT2D eigenvalue weighted by Gasteiger charge is 2.56. The Hall–Kier alpha value is -0.0800. The molecule has 2 N–H and O–H groups in total. The summed E-state index contributed by atoms with van der Waals surface area (Å²) in [7, 11) is 0. The van der Waals surface area contributed by atoms with Crippen molar-refractivity contribution in [1.82, 2.24) is 5.32 Å². The Labute approximate surface area is 57.3 Å². The molecule has 0 aromatic heterocycles. The molecule has 2 nitrogen and oxygen atoms in total. The van der Waals surface area contributed by atoms with Gasteiger partial charge < -0.3 is 10.4 Å². The summed E-state index contributed by atoms with van der Waals surface area (Å²) in [5, 5.41) is 11.4. The minimum absolute atomic E-state index is 0.0313. The van der Waals surface area contributed by atoms with Crippen LogP contribution in [0.5, 0.6) is 0 Å². The average molecular weight is 119 g/mol. The molecule has 0 amide bonds. The number of fused-ring (bicyclic) bond motifs is 1. The van der Waals surface area contributed by atoms with Gasteiger partial charge >= 0.3 is 0 Å². The van der Waals surface area contributed by atoms with Crippen molar-refractivity contribution in [2.45, 2.75) is 6.42 Å². The SMILES string of the molecule is [2H]C1([2H])NC([2H])([2H])C2(C([2H])([2H])O)CC12. The number of aliphatic hydroxyl groups is 1. The number of hydrogen-bond donors (Lipinski definition) is 2. The van der Waals surface area contributed by atoms with E-state index >= 15 is 0 Å². The van der Waals surface area contributed by atoms with E-state index in [2.05, 4.69) is 5.32 Å². The van der Waals surface area contributed by atoms with Gasteiger partial charge in [-0.15, -0.1) is 0 Å². The maximum absolute atomic E-state index is 9.27. The van der Waals surface area contributed by atoms with Gasteiger partial charge in [0.05, 0.1) is 9.30 Å². The Morgan fingerprint density at radius 3 is 3.25 bits per heavy atom. The molecule has 46 valence electrons. The lowest BCUT2D eigenvalue weighted by Gasteiger charge is -2.03. The fraction of sp³-hybridized carbons (Fsp3) is 1.00. The number of piperidine rings is 1. The molecule has 0 aromatic carbocycles. The van der Waals surface area contributed by atoms with Gasteiger partial charge in [-0.05, 0) is 18.8 Å². The van der Waals surface area contributed by atoms with E-state index in [9.17, 15) is 5.11 Å². The first kappa shape index (κ1) is 1.70. The van der Waals surface area contributed by atoms with Crippen molar-refractivity contribution in [3.05, 3.63) is 0 Å². The summed E-state index contributed by atoms with van der Waals surface area (Å²) in [5.41, 5.74) is -1.64. The van der Waals surface area contributed by atoms with Gasteiger partial charge in [0.25, 0.3) is 0 Å². The van der Waals surface area contributed by atoms with Crippen LogP contribution in [-0.2, 0) is 0 Å². The standard InChI is InChI=1S/C6H11NO/c8-4-6-1-5(6)2-7-3-6/h5,7-8H,1-4H2/i2D2,3D2,4D2. The maximum Gasteiger partial charge on any atom is 0.0570 e. The molecule has 2 fully saturated rings. The molecule has 0 spiro atoms. The lowest BCUT2D eigenvalue weighted by atomic mass is 10.1. The van der Waals surface area contributed by atoms with Crippen LogP contribution in [0.2, 0.25) is 0 Å². The Bertz CT molecular complexity index is 287. The molecule has 2 rings (SSSR count). The van der Waals surface area contributed by atoms with E-state index < -0.39 is 30.9 Å². The topological polar surface area (TPSA) is 32.3 Å². The van der Waals surface area contributed by atoms with Crippen LogP contribution in [0.25, 0.3) is 0 Å². The number of nitrogens with one attached hydrogen (secondary N) is 1. The van der Waals surface area contributed by atoms with Crippen LogP contribution >= 0.6 is 0 Å². The van der Waals surface area contributed by atoms with Crippen LogP contribution in [0.15, 0.2) is 0 Å². The third kappa shape index (κ3) is 0.400. The fourth-order valence-electron chi connectivity index (χ4n) is 0.962. The molecule has 1 saturated heterocycles. The molecule has 2 heteroatoms. The molecule has 0 aromatic rings. The smallest absolute Gasteiger partial charge is 0.0570 e. The monoisotopic (exact) mass is 119 g/mol. The lowest BCUT2D eigenvalue weighted by Crippen LogP contribution is -2.18. The molecule has 1 heterocycles. The van der Waals surface area contributed by atoms with Crippen LogP contribution in [0.3, 0.4) is 0 Å². The first-order valence-electron chi connectivity index (χ1n) is 5.56. The van der Waals surface area contributed by atoms with Gasteiger partial charge in [-0.25, -0.2) is 0 Å². The summed E-state index contributed by atoms with van der Waals surface area (Å²) in [4.78, 5) is 0. The first-order chi connectivity index (χ1) is 6.05. The van der Waals surface area contributed by atoms with Crippen molar-refractivity contribution in [2.24, 2.45) is 11.3 Å². The number of hydrogen-bond acceptors (Lipinski definition) is 2. The molecule has 8 heavy (non-hydrogen) atoms. The highest BCUT2D eigenvalue weighted by molar-refractivity contribution is 5.08. The Morgan fingerprint density at radius 2 is 3.00 bits per heavy atom. The molecule has 2 aliphatic rings.